The molecule has 0 fully saturated rings. The molecule has 4 heteroatoms. The van der Waals surface area contributed by atoms with Crippen molar-refractivity contribution < 1.29 is 9.53 Å². The molecule has 1 heterocycles. The van der Waals surface area contributed by atoms with Gasteiger partial charge < -0.3 is 9.64 Å². The van der Waals surface area contributed by atoms with Crippen LogP contribution in [0.15, 0.2) is 60.8 Å². The predicted octanol–water partition coefficient (Wildman–Crippen LogP) is 4.05. The zero-order valence-corrected chi connectivity index (χ0v) is 13.9. The van der Waals surface area contributed by atoms with E-state index in [-0.39, 0.29) is 5.97 Å². The fourth-order valence-electron chi connectivity index (χ4n) is 2.83. The van der Waals surface area contributed by atoms with Gasteiger partial charge in [0.2, 0.25) is 0 Å². The van der Waals surface area contributed by atoms with Crippen LogP contribution in [0.1, 0.15) is 22.8 Å². The summed E-state index contributed by atoms with van der Waals surface area (Å²) in [5.74, 6) is -0.342. The molecule has 0 N–H and O–H groups in total. The van der Waals surface area contributed by atoms with E-state index in [1.54, 1.807) is 13.1 Å². The number of carbonyl (C=O) groups excluding carboxylic acids is 1. The first kappa shape index (κ1) is 16.0. The summed E-state index contributed by atoms with van der Waals surface area (Å²) >= 11 is 0. The van der Waals surface area contributed by atoms with Crippen LogP contribution in [0.3, 0.4) is 0 Å². The Labute approximate surface area is 141 Å². The zero-order valence-electron chi connectivity index (χ0n) is 13.9. The molecule has 0 bridgehead atoms. The monoisotopic (exact) mass is 320 g/mol. The largest absolute Gasteiger partial charge is 0.462 e. The summed E-state index contributed by atoms with van der Waals surface area (Å²) in [6.07, 6.45) is 1.61. The maximum Gasteiger partial charge on any atom is 0.341 e. The minimum Gasteiger partial charge on any atom is -0.462 e. The number of rotatable bonds is 5. The lowest BCUT2D eigenvalue weighted by Gasteiger charge is -2.23. The van der Waals surface area contributed by atoms with Gasteiger partial charge in [-0.05, 0) is 18.6 Å². The highest BCUT2D eigenvalue weighted by molar-refractivity contribution is 6.05. The molecule has 0 radical (unpaired) electrons. The SMILES string of the molecule is CCOC(=O)c1cnc2ccccc2c1N(C)Cc1ccccc1. The normalized spacial score (nSPS) is 10.6. The minimum atomic E-state index is -0.342. The third-order valence-corrected chi connectivity index (χ3v) is 3.89. The number of ether oxygens (including phenoxy) is 1. The van der Waals surface area contributed by atoms with E-state index in [1.807, 2.05) is 49.5 Å². The number of esters is 1. The Morgan fingerprint density at radius 3 is 2.54 bits per heavy atom. The summed E-state index contributed by atoms with van der Waals surface area (Å²) in [6.45, 7) is 2.84. The second kappa shape index (κ2) is 7.13. The number of fused-ring (bicyclic) bond motifs is 1. The maximum atomic E-state index is 12.4. The molecule has 0 unspecified atom stereocenters. The molecule has 0 amide bonds. The lowest BCUT2D eigenvalue weighted by molar-refractivity contribution is 0.0527. The molecule has 4 nitrogen and oxygen atoms in total. The average Bonchev–Trinajstić information content (AvgIpc) is 2.61. The standard InChI is InChI=1S/C20H20N2O2/c1-3-24-20(23)17-13-21-18-12-8-7-11-16(18)19(17)22(2)14-15-9-5-4-6-10-15/h4-13H,3,14H2,1-2H3. The van der Waals surface area contributed by atoms with Crippen LogP contribution in [0.2, 0.25) is 0 Å². The Morgan fingerprint density at radius 2 is 1.79 bits per heavy atom. The van der Waals surface area contributed by atoms with E-state index in [0.717, 1.165) is 16.6 Å². The number of anilines is 1. The van der Waals surface area contributed by atoms with Crippen LogP contribution in [0, 0.1) is 0 Å². The van der Waals surface area contributed by atoms with Crippen LogP contribution < -0.4 is 4.90 Å². The van der Waals surface area contributed by atoms with Crippen molar-refractivity contribution in [2.75, 3.05) is 18.6 Å². The minimum absolute atomic E-state index is 0.341. The molecular weight excluding hydrogens is 300 g/mol. The second-order valence-corrected chi connectivity index (χ2v) is 5.60. The quantitative estimate of drug-likeness (QED) is 0.665. The number of benzene rings is 2. The van der Waals surface area contributed by atoms with Gasteiger partial charge >= 0.3 is 5.97 Å². The van der Waals surface area contributed by atoms with Crippen molar-refractivity contribution in [1.29, 1.82) is 0 Å². The molecule has 0 atom stereocenters. The molecule has 1 aromatic heterocycles. The number of nitrogens with zero attached hydrogens (tertiary/aromatic N) is 2. The van der Waals surface area contributed by atoms with Gasteiger partial charge in [0.25, 0.3) is 0 Å². The number of para-hydroxylation sites is 1. The maximum absolute atomic E-state index is 12.4. The highest BCUT2D eigenvalue weighted by Crippen LogP contribution is 2.30. The Hall–Kier alpha value is -2.88. The molecule has 0 aliphatic heterocycles. The third-order valence-electron chi connectivity index (χ3n) is 3.89. The van der Waals surface area contributed by atoms with Crippen molar-refractivity contribution in [2.45, 2.75) is 13.5 Å². The van der Waals surface area contributed by atoms with Crippen molar-refractivity contribution in [2.24, 2.45) is 0 Å². The summed E-state index contributed by atoms with van der Waals surface area (Å²) in [5, 5.41) is 0.946. The van der Waals surface area contributed by atoms with Crippen LogP contribution in [-0.4, -0.2) is 24.6 Å². The number of hydrogen-bond donors (Lipinski definition) is 0. The smallest absolute Gasteiger partial charge is 0.341 e. The average molecular weight is 320 g/mol. The third kappa shape index (κ3) is 3.23. The second-order valence-electron chi connectivity index (χ2n) is 5.60. The van der Waals surface area contributed by atoms with Crippen LogP contribution in [0.5, 0.6) is 0 Å². The lowest BCUT2D eigenvalue weighted by Crippen LogP contribution is -2.21. The van der Waals surface area contributed by atoms with E-state index in [9.17, 15) is 4.79 Å². The molecule has 0 aliphatic rings. The van der Waals surface area contributed by atoms with Gasteiger partial charge in [-0.1, -0.05) is 48.5 Å². The topological polar surface area (TPSA) is 42.4 Å². The van der Waals surface area contributed by atoms with Gasteiger partial charge in [-0.3, -0.25) is 4.98 Å². The molecule has 3 aromatic rings. The fraction of sp³-hybridized carbons (Fsp3) is 0.200. The fourth-order valence-corrected chi connectivity index (χ4v) is 2.83. The van der Waals surface area contributed by atoms with Gasteiger partial charge in [0.15, 0.2) is 0 Å². The van der Waals surface area contributed by atoms with E-state index < -0.39 is 0 Å². The Morgan fingerprint density at radius 1 is 1.08 bits per heavy atom. The Kier molecular flexibility index (Phi) is 4.75. The summed E-state index contributed by atoms with van der Waals surface area (Å²) < 4.78 is 5.21. The number of aromatic nitrogens is 1. The van der Waals surface area contributed by atoms with Gasteiger partial charge in [-0.25, -0.2) is 4.79 Å². The summed E-state index contributed by atoms with van der Waals surface area (Å²) in [5.41, 5.74) is 3.38. The first-order valence-corrected chi connectivity index (χ1v) is 8.00. The van der Waals surface area contributed by atoms with Crippen LogP contribution in [0.25, 0.3) is 10.9 Å². The lowest BCUT2D eigenvalue weighted by atomic mass is 10.1. The molecule has 0 saturated heterocycles. The highest BCUT2D eigenvalue weighted by atomic mass is 16.5. The molecule has 0 aliphatic carbocycles. The van der Waals surface area contributed by atoms with Crippen LogP contribution in [0.4, 0.5) is 5.69 Å². The van der Waals surface area contributed by atoms with E-state index in [1.165, 1.54) is 5.56 Å². The van der Waals surface area contributed by atoms with E-state index >= 15 is 0 Å². The van der Waals surface area contributed by atoms with Gasteiger partial charge in [0.05, 0.1) is 17.8 Å². The van der Waals surface area contributed by atoms with Crippen molar-refractivity contribution in [1.82, 2.24) is 4.98 Å². The number of pyridine rings is 1. The number of hydrogen-bond acceptors (Lipinski definition) is 4. The molecule has 3 rings (SSSR count). The molecule has 0 spiro atoms. The van der Waals surface area contributed by atoms with Crippen molar-refractivity contribution in [3.8, 4) is 0 Å². The van der Waals surface area contributed by atoms with E-state index in [2.05, 4.69) is 22.0 Å². The van der Waals surface area contributed by atoms with E-state index in [4.69, 9.17) is 4.74 Å². The van der Waals surface area contributed by atoms with Crippen LogP contribution in [-0.2, 0) is 11.3 Å². The van der Waals surface area contributed by atoms with E-state index in [0.29, 0.717) is 18.7 Å². The van der Waals surface area contributed by atoms with Crippen molar-refractivity contribution in [3.05, 3.63) is 71.9 Å². The zero-order chi connectivity index (χ0) is 16.9. The highest BCUT2D eigenvalue weighted by Gasteiger charge is 2.19. The molecule has 24 heavy (non-hydrogen) atoms. The summed E-state index contributed by atoms with van der Waals surface area (Å²) in [6, 6.07) is 18.0. The molecule has 122 valence electrons. The first-order chi connectivity index (χ1) is 11.7. The van der Waals surface area contributed by atoms with Crippen molar-refractivity contribution >= 4 is 22.6 Å². The molecule has 0 saturated carbocycles. The van der Waals surface area contributed by atoms with Gasteiger partial charge in [-0.15, -0.1) is 0 Å². The summed E-state index contributed by atoms with van der Waals surface area (Å²) in [7, 11) is 1.98. The molecule has 2 aromatic carbocycles. The summed E-state index contributed by atoms with van der Waals surface area (Å²) in [4.78, 5) is 18.9. The van der Waals surface area contributed by atoms with Gasteiger partial charge in [-0.2, -0.15) is 0 Å². The Balaban J connectivity index is 2.08. The predicted molar refractivity (Wildman–Crippen MR) is 96.2 cm³/mol. The van der Waals surface area contributed by atoms with Gasteiger partial charge in [0.1, 0.15) is 5.56 Å². The Bertz CT molecular complexity index is 847. The van der Waals surface area contributed by atoms with Gasteiger partial charge in [0, 0.05) is 25.2 Å². The first-order valence-electron chi connectivity index (χ1n) is 8.00. The number of carbonyl (C=O) groups is 1. The van der Waals surface area contributed by atoms with Crippen LogP contribution >= 0.6 is 0 Å². The molecular formula is C20H20N2O2. The van der Waals surface area contributed by atoms with Crippen molar-refractivity contribution in [3.63, 3.8) is 0 Å².